The zero-order valence-electron chi connectivity index (χ0n) is 23.5. The smallest absolute Gasteiger partial charge is 0.239 e. The molecule has 0 unspecified atom stereocenters. The van der Waals surface area contributed by atoms with E-state index in [1.165, 1.54) is 63.4 Å². The monoisotopic (exact) mass is 538 g/mol. The second-order valence-electron chi connectivity index (χ2n) is 14.2. The average molecular weight is 539 g/mol. The van der Waals surface area contributed by atoms with Crippen LogP contribution in [0.25, 0.3) is 0 Å². The first kappa shape index (κ1) is 25.5. The van der Waals surface area contributed by atoms with Crippen LogP contribution in [-0.2, 0) is 32.6 Å². The molecule has 3 heterocycles. The van der Waals surface area contributed by atoms with Crippen LogP contribution in [0, 0.1) is 23.7 Å². The van der Waals surface area contributed by atoms with Crippen LogP contribution >= 0.6 is 0 Å². The highest BCUT2D eigenvalue weighted by Crippen LogP contribution is 2.62. The quantitative estimate of drug-likeness (QED) is 0.461. The van der Waals surface area contributed by atoms with Gasteiger partial charge in [0.25, 0.3) is 0 Å². The molecule has 3 saturated heterocycles. The first-order chi connectivity index (χ1) is 19.1. The van der Waals surface area contributed by atoms with Gasteiger partial charge in [0.1, 0.15) is 5.75 Å². The Labute approximate surface area is 233 Å². The Balaban J connectivity index is 0.965. The highest BCUT2D eigenvalue weighted by atomic mass is 17.4. The molecule has 8 fully saturated rings. The lowest BCUT2D eigenvalue weighted by atomic mass is 9.53. The van der Waals surface area contributed by atoms with Crippen LogP contribution in [0.5, 0.6) is 5.75 Å². The molecule has 7 nitrogen and oxygen atoms in total. The Hall–Kier alpha value is -1.22. The fraction of sp³-hybridized carbons (Fsp3) is 0.812. The molecule has 1 aromatic carbocycles. The lowest BCUT2D eigenvalue weighted by Gasteiger charge is -2.60. The van der Waals surface area contributed by atoms with E-state index < -0.39 is 11.6 Å². The highest BCUT2D eigenvalue weighted by molar-refractivity contribution is 5.45. The zero-order valence-corrected chi connectivity index (χ0v) is 23.5. The van der Waals surface area contributed by atoms with E-state index >= 15 is 0 Å². The molecule has 0 atom stereocenters. The minimum Gasteiger partial charge on any atom is -0.507 e. The van der Waals surface area contributed by atoms with Gasteiger partial charge in [0, 0.05) is 48.9 Å². The molecule has 9 rings (SSSR count). The van der Waals surface area contributed by atoms with Crippen molar-refractivity contribution >= 4 is 0 Å². The second-order valence-corrected chi connectivity index (χ2v) is 14.2. The van der Waals surface area contributed by atoms with Crippen LogP contribution in [0.1, 0.15) is 106 Å². The molecule has 2 spiro atoms. The SMILES string of the molecule is Oc1c(CN2CCCC2)cc(C2CCC3(CC2)OOC2(OO3)C3CC4CC(C3)CC2C4)cc1CN1CCCC1. The van der Waals surface area contributed by atoms with Crippen molar-refractivity contribution in [3.05, 3.63) is 28.8 Å². The van der Waals surface area contributed by atoms with Gasteiger partial charge in [-0.1, -0.05) is 12.1 Å². The van der Waals surface area contributed by atoms with E-state index in [1.807, 2.05) is 0 Å². The van der Waals surface area contributed by atoms with Crippen molar-refractivity contribution in [1.29, 1.82) is 0 Å². The third-order valence-corrected chi connectivity index (χ3v) is 11.6. The van der Waals surface area contributed by atoms with Gasteiger partial charge in [-0.25, -0.2) is 0 Å². The molecule has 1 N–H and O–H groups in total. The number of hydrogen-bond acceptors (Lipinski definition) is 7. The molecule has 3 aliphatic heterocycles. The first-order valence-corrected chi connectivity index (χ1v) is 16.1. The third kappa shape index (κ3) is 4.56. The fourth-order valence-electron chi connectivity index (χ4n) is 9.61. The highest BCUT2D eigenvalue weighted by Gasteiger charge is 2.64. The average Bonchev–Trinajstić information content (AvgIpc) is 3.66. The lowest BCUT2D eigenvalue weighted by Crippen LogP contribution is -2.64. The van der Waals surface area contributed by atoms with Gasteiger partial charge in [-0.05, 0) is 120 Å². The van der Waals surface area contributed by atoms with E-state index in [2.05, 4.69) is 21.9 Å². The molecule has 0 radical (unpaired) electrons. The molecule has 8 aliphatic rings. The molecule has 7 heteroatoms. The summed E-state index contributed by atoms with van der Waals surface area (Å²) in [5, 5.41) is 11.3. The Morgan fingerprint density at radius 3 is 1.67 bits per heavy atom. The summed E-state index contributed by atoms with van der Waals surface area (Å²) in [7, 11) is 0. The Morgan fingerprint density at radius 2 is 1.18 bits per heavy atom. The predicted octanol–water partition coefficient (Wildman–Crippen LogP) is 6.00. The van der Waals surface area contributed by atoms with Gasteiger partial charge in [-0.2, -0.15) is 19.6 Å². The van der Waals surface area contributed by atoms with Gasteiger partial charge in [0.15, 0.2) is 0 Å². The number of phenols is 1. The van der Waals surface area contributed by atoms with Crippen LogP contribution in [-0.4, -0.2) is 52.7 Å². The number of phenolic OH excluding ortho intramolecular Hbond substituents is 1. The summed E-state index contributed by atoms with van der Waals surface area (Å²) in [6.45, 7) is 6.24. The van der Waals surface area contributed by atoms with Crippen LogP contribution in [0.4, 0.5) is 0 Å². The number of aromatic hydroxyl groups is 1. The summed E-state index contributed by atoms with van der Waals surface area (Å²) in [4.78, 5) is 30.0. The predicted molar refractivity (Wildman–Crippen MR) is 145 cm³/mol. The molecular formula is C32H46N2O5. The summed E-state index contributed by atoms with van der Waals surface area (Å²) in [6.07, 6.45) is 14.7. The Morgan fingerprint density at radius 1 is 0.692 bits per heavy atom. The molecule has 1 aromatic rings. The number of rotatable bonds is 5. The summed E-state index contributed by atoms with van der Waals surface area (Å²) >= 11 is 0. The minimum absolute atomic E-state index is 0.405. The molecule has 5 aliphatic carbocycles. The Bertz CT molecular complexity index is 978. The maximum Gasteiger partial charge on any atom is 0.239 e. The van der Waals surface area contributed by atoms with Crippen molar-refractivity contribution in [2.24, 2.45) is 23.7 Å². The Kier molecular flexibility index (Phi) is 6.50. The van der Waals surface area contributed by atoms with E-state index in [-0.39, 0.29) is 0 Å². The van der Waals surface area contributed by atoms with Crippen molar-refractivity contribution < 1.29 is 24.7 Å². The zero-order chi connectivity index (χ0) is 26.0. The number of hydrogen-bond donors (Lipinski definition) is 1. The molecule has 4 bridgehead atoms. The summed E-state index contributed by atoms with van der Waals surface area (Å²) in [5.41, 5.74) is 3.57. The van der Waals surface area contributed by atoms with Crippen LogP contribution in [0.3, 0.4) is 0 Å². The second kappa shape index (κ2) is 9.95. The standard InChI is InChI=1S/C32H46N2O5/c35-30-26(20-33-9-1-2-10-33)18-25(19-27(30)21-34-11-3-4-12-34)24-5-7-31(8-6-24)36-38-32(39-37-31)28-14-22-13-23(16-28)17-29(32)15-22/h18-19,22-24,28-29,35H,1-17,20-21H2. The van der Waals surface area contributed by atoms with Crippen molar-refractivity contribution in [1.82, 2.24) is 9.80 Å². The van der Waals surface area contributed by atoms with E-state index in [0.29, 0.717) is 23.5 Å². The third-order valence-electron chi connectivity index (χ3n) is 11.6. The van der Waals surface area contributed by atoms with Gasteiger partial charge in [-0.3, -0.25) is 9.80 Å². The van der Waals surface area contributed by atoms with Gasteiger partial charge < -0.3 is 5.11 Å². The van der Waals surface area contributed by atoms with Crippen molar-refractivity contribution in [3.8, 4) is 5.75 Å². The molecule has 0 aromatic heterocycles. The van der Waals surface area contributed by atoms with Crippen LogP contribution in [0.15, 0.2) is 12.1 Å². The molecule has 39 heavy (non-hydrogen) atoms. The van der Waals surface area contributed by atoms with Gasteiger partial charge in [0.05, 0.1) is 0 Å². The van der Waals surface area contributed by atoms with Gasteiger partial charge >= 0.3 is 0 Å². The fourth-order valence-corrected chi connectivity index (χ4v) is 9.61. The molecular weight excluding hydrogens is 492 g/mol. The molecule has 5 saturated carbocycles. The van der Waals surface area contributed by atoms with Crippen molar-refractivity contribution in [2.45, 2.75) is 114 Å². The summed E-state index contributed by atoms with van der Waals surface area (Å²) in [6, 6.07) is 4.59. The number of likely N-dealkylation sites (tertiary alicyclic amines) is 2. The van der Waals surface area contributed by atoms with E-state index in [4.69, 9.17) is 19.6 Å². The van der Waals surface area contributed by atoms with Crippen molar-refractivity contribution in [3.63, 3.8) is 0 Å². The van der Waals surface area contributed by atoms with Crippen LogP contribution in [0.2, 0.25) is 0 Å². The first-order valence-electron chi connectivity index (χ1n) is 16.1. The summed E-state index contributed by atoms with van der Waals surface area (Å²) < 4.78 is 0. The number of nitrogens with zero attached hydrogens (tertiary/aromatic N) is 2. The molecule has 0 amide bonds. The summed E-state index contributed by atoms with van der Waals surface area (Å²) in [5.74, 6) is 1.97. The van der Waals surface area contributed by atoms with E-state index in [9.17, 15) is 5.11 Å². The van der Waals surface area contributed by atoms with Gasteiger partial charge in [-0.15, -0.1) is 0 Å². The van der Waals surface area contributed by atoms with Gasteiger partial charge in [0.2, 0.25) is 11.6 Å². The topological polar surface area (TPSA) is 63.6 Å². The minimum atomic E-state index is -0.788. The van der Waals surface area contributed by atoms with Crippen molar-refractivity contribution in [2.75, 3.05) is 26.2 Å². The van der Waals surface area contributed by atoms with E-state index in [1.54, 1.807) is 0 Å². The van der Waals surface area contributed by atoms with Crippen LogP contribution < -0.4 is 0 Å². The maximum absolute atomic E-state index is 11.3. The molecule has 214 valence electrons. The maximum atomic E-state index is 11.3. The normalized spacial score (nSPS) is 42.3. The number of benzene rings is 1. The largest absolute Gasteiger partial charge is 0.507 e. The van der Waals surface area contributed by atoms with E-state index in [0.717, 1.165) is 87.9 Å². The lowest BCUT2D eigenvalue weighted by molar-refractivity contribution is -0.680.